The maximum Gasteiger partial charge on any atom is 0.274 e. The third kappa shape index (κ3) is 2.98. The second-order valence-corrected chi connectivity index (χ2v) is 7.03. The van der Waals surface area contributed by atoms with Crippen molar-refractivity contribution in [3.05, 3.63) is 70.4 Å². The first-order valence-corrected chi connectivity index (χ1v) is 9.05. The molecule has 4 aromatic rings. The fourth-order valence-electron chi connectivity index (χ4n) is 2.79. The molecule has 4 nitrogen and oxygen atoms in total. The van der Waals surface area contributed by atoms with Crippen molar-refractivity contribution in [2.45, 2.75) is 0 Å². The lowest BCUT2D eigenvalue weighted by Crippen LogP contribution is -2.15. The van der Waals surface area contributed by atoms with Crippen molar-refractivity contribution < 1.29 is 9.18 Å². The van der Waals surface area contributed by atoms with E-state index in [0.717, 1.165) is 16.5 Å². The van der Waals surface area contributed by atoms with Gasteiger partial charge in [-0.3, -0.25) is 10.1 Å². The van der Waals surface area contributed by atoms with Crippen molar-refractivity contribution in [3.63, 3.8) is 0 Å². The zero-order valence-corrected chi connectivity index (χ0v) is 15.2. The van der Waals surface area contributed by atoms with Gasteiger partial charge in [-0.2, -0.15) is 0 Å². The van der Waals surface area contributed by atoms with Crippen LogP contribution in [0.1, 0.15) is 10.5 Å². The topological polar surface area (TPSA) is 46.9 Å². The number of hydrogen-bond donors (Lipinski definition) is 1. The quantitative estimate of drug-likeness (QED) is 0.517. The molecule has 2 aromatic heterocycles. The summed E-state index contributed by atoms with van der Waals surface area (Å²) >= 11 is 7.52. The van der Waals surface area contributed by atoms with Crippen LogP contribution in [0, 0.1) is 5.82 Å². The van der Waals surface area contributed by atoms with E-state index >= 15 is 0 Å². The summed E-state index contributed by atoms with van der Waals surface area (Å²) in [5, 5.41) is 6.54. The Morgan fingerprint density at radius 3 is 2.73 bits per heavy atom. The molecule has 0 saturated carbocycles. The van der Waals surface area contributed by atoms with E-state index < -0.39 is 0 Å². The molecular weight excluding hydrogens is 373 g/mol. The predicted octanol–water partition coefficient (Wildman–Crippen LogP) is 5.35. The van der Waals surface area contributed by atoms with Crippen LogP contribution in [0.5, 0.6) is 0 Å². The van der Waals surface area contributed by atoms with E-state index in [1.54, 1.807) is 28.8 Å². The van der Waals surface area contributed by atoms with Crippen LogP contribution >= 0.6 is 22.9 Å². The SMILES string of the molecule is Cn1c(C(=O)Nc2nc(-c3ccc(F)cc3)cs2)cc2c(Cl)cccc21. The zero-order valence-electron chi connectivity index (χ0n) is 13.7. The average molecular weight is 386 g/mol. The lowest BCUT2D eigenvalue weighted by molar-refractivity contribution is 0.101. The number of carbonyl (C=O) groups excluding carboxylic acids is 1. The summed E-state index contributed by atoms with van der Waals surface area (Å²) in [5.41, 5.74) is 2.85. The first kappa shape index (κ1) is 16.8. The van der Waals surface area contributed by atoms with Crippen molar-refractivity contribution in [2.24, 2.45) is 7.05 Å². The predicted molar refractivity (Wildman–Crippen MR) is 103 cm³/mol. The molecule has 0 aliphatic rings. The molecule has 0 fully saturated rings. The van der Waals surface area contributed by atoms with Crippen molar-refractivity contribution in [1.82, 2.24) is 9.55 Å². The van der Waals surface area contributed by atoms with Gasteiger partial charge < -0.3 is 4.57 Å². The van der Waals surface area contributed by atoms with Crippen molar-refractivity contribution in [3.8, 4) is 11.3 Å². The van der Waals surface area contributed by atoms with Crippen LogP contribution in [0.2, 0.25) is 5.02 Å². The third-order valence-electron chi connectivity index (χ3n) is 4.13. The second-order valence-electron chi connectivity index (χ2n) is 5.76. The molecule has 0 atom stereocenters. The van der Waals surface area contributed by atoms with Crippen LogP contribution in [0.15, 0.2) is 53.9 Å². The normalized spacial score (nSPS) is 11.0. The Morgan fingerprint density at radius 1 is 1.23 bits per heavy atom. The smallest absolute Gasteiger partial charge is 0.274 e. The number of benzene rings is 2. The first-order valence-electron chi connectivity index (χ1n) is 7.79. The van der Waals surface area contributed by atoms with E-state index in [4.69, 9.17) is 11.6 Å². The molecule has 1 N–H and O–H groups in total. The summed E-state index contributed by atoms with van der Waals surface area (Å²) in [4.78, 5) is 17.1. The molecule has 0 bridgehead atoms. The van der Waals surface area contributed by atoms with Gasteiger partial charge in [-0.1, -0.05) is 17.7 Å². The summed E-state index contributed by atoms with van der Waals surface area (Å²) in [6, 6.07) is 13.4. The summed E-state index contributed by atoms with van der Waals surface area (Å²) in [7, 11) is 1.82. The number of rotatable bonds is 3. The number of halogens is 2. The van der Waals surface area contributed by atoms with Gasteiger partial charge in [-0.15, -0.1) is 11.3 Å². The molecule has 0 spiro atoms. The minimum atomic E-state index is -0.299. The highest BCUT2D eigenvalue weighted by atomic mass is 35.5. The first-order chi connectivity index (χ1) is 12.5. The highest BCUT2D eigenvalue weighted by Gasteiger charge is 2.16. The van der Waals surface area contributed by atoms with Crippen molar-refractivity contribution in [2.75, 3.05) is 5.32 Å². The van der Waals surface area contributed by atoms with E-state index in [2.05, 4.69) is 10.3 Å². The molecule has 2 aromatic carbocycles. The molecule has 4 rings (SSSR count). The fraction of sp³-hybridized carbons (Fsp3) is 0.0526. The van der Waals surface area contributed by atoms with Crippen LogP contribution in [0.25, 0.3) is 22.2 Å². The number of anilines is 1. The number of amides is 1. The molecule has 0 saturated heterocycles. The van der Waals surface area contributed by atoms with Gasteiger partial charge in [0.25, 0.3) is 5.91 Å². The Morgan fingerprint density at radius 2 is 2.00 bits per heavy atom. The largest absolute Gasteiger partial charge is 0.340 e. The van der Waals surface area contributed by atoms with Crippen LogP contribution in [0.3, 0.4) is 0 Å². The Bertz CT molecular complexity index is 1120. The molecule has 0 aliphatic carbocycles. The van der Waals surface area contributed by atoms with E-state index in [1.807, 2.05) is 24.6 Å². The fourth-order valence-corrected chi connectivity index (χ4v) is 3.73. The van der Waals surface area contributed by atoms with Crippen molar-refractivity contribution in [1.29, 1.82) is 0 Å². The third-order valence-corrected chi connectivity index (χ3v) is 5.22. The number of carbonyl (C=O) groups is 1. The lowest BCUT2D eigenvalue weighted by atomic mass is 10.2. The number of thiazole rings is 1. The van der Waals surface area contributed by atoms with Crippen LogP contribution in [0.4, 0.5) is 9.52 Å². The standard InChI is InChI=1S/C19H13ClFN3OS/c1-24-16-4-2-3-14(20)13(16)9-17(24)18(25)23-19-22-15(10-26-19)11-5-7-12(21)8-6-11/h2-10H,1H3,(H,22,23,25). The molecule has 26 heavy (non-hydrogen) atoms. The Hall–Kier alpha value is -2.70. The number of nitrogens with one attached hydrogen (secondary N) is 1. The maximum absolute atomic E-state index is 13.0. The zero-order chi connectivity index (χ0) is 18.3. The number of fused-ring (bicyclic) bond motifs is 1. The number of aromatic nitrogens is 2. The summed E-state index contributed by atoms with van der Waals surface area (Å²) in [5.74, 6) is -0.563. The molecule has 2 heterocycles. The van der Waals surface area contributed by atoms with E-state index in [1.165, 1.54) is 23.5 Å². The lowest BCUT2D eigenvalue weighted by Gasteiger charge is -2.04. The summed E-state index contributed by atoms with van der Waals surface area (Å²) in [6.45, 7) is 0. The second kappa shape index (κ2) is 6.55. The maximum atomic E-state index is 13.0. The molecule has 7 heteroatoms. The van der Waals surface area contributed by atoms with Gasteiger partial charge in [0, 0.05) is 33.9 Å². The summed E-state index contributed by atoms with van der Waals surface area (Å²) < 4.78 is 14.8. The summed E-state index contributed by atoms with van der Waals surface area (Å²) in [6.07, 6.45) is 0. The Kier molecular flexibility index (Phi) is 4.22. The molecule has 1 amide bonds. The Labute approximate surface area is 157 Å². The van der Waals surface area contributed by atoms with Crippen LogP contribution < -0.4 is 5.32 Å². The van der Waals surface area contributed by atoms with Gasteiger partial charge >= 0.3 is 0 Å². The van der Waals surface area contributed by atoms with Gasteiger partial charge in [-0.05, 0) is 42.5 Å². The number of nitrogens with zero attached hydrogens (tertiary/aromatic N) is 2. The van der Waals surface area contributed by atoms with E-state index in [-0.39, 0.29) is 11.7 Å². The minimum Gasteiger partial charge on any atom is -0.340 e. The minimum absolute atomic E-state index is 0.264. The van der Waals surface area contributed by atoms with Gasteiger partial charge in [-0.25, -0.2) is 9.37 Å². The van der Waals surface area contributed by atoms with E-state index in [0.29, 0.717) is 21.5 Å². The van der Waals surface area contributed by atoms with Gasteiger partial charge in [0.2, 0.25) is 0 Å². The highest BCUT2D eigenvalue weighted by Crippen LogP contribution is 2.28. The van der Waals surface area contributed by atoms with E-state index in [9.17, 15) is 9.18 Å². The molecule has 0 unspecified atom stereocenters. The monoisotopic (exact) mass is 385 g/mol. The van der Waals surface area contributed by atoms with Crippen molar-refractivity contribution >= 4 is 44.9 Å². The Balaban J connectivity index is 1.60. The van der Waals surface area contributed by atoms with Gasteiger partial charge in [0.1, 0.15) is 11.5 Å². The highest BCUT2D eigenvalue weighted by molar-refractivity contribution is 7.14. The van der Waals surface area contributed by atoms with Gasteiger partial charge in [0.05, 0.1) is 5.69 Å². The molecular formula is C19H13ClFN3OS. The average Bonchev–Trinajstić information content (AvgIpc) is 3.22. The molecule has 0 radical (unpaired) electrons. The molecule has 130 valence electrons. The molecule has 0 aliphatic heterocycles. The number of hydrogen-bond acceptors (Lipinski definition) is 3. The van der Waals surface area contributed by atoms with Crippen LogP contribution in [-0.4, -0.2) is 15.5 Å². The van der Waals surface area contributed by atoms with Crippen LogP contribution in [-0.2, 0) is 7.05 Å². The van der Waals surface area contributed by atoms with Gasteiger partial charge in [0.15, 0.2) is 5.13 Å². The number of aryl methyl sites for hydroxylation is 1.